The molecule has 0 saturated carbocycles. The maximum atomic E-state index is 12.4. The van der Waals surface area contributed by atoms with Gasteiger partial charge >= 0.3 is 10.2 Å². The van der Waals surface area contributed by atoms with Gasteiger partial charge in [-0.25, -0.2) is 0 Å². The fraction of sp³-hybridized carbons (Fsp3) is 1.00. The average molecular weight is 196 g/mol. The minimum atomic E-state index is -4.32. The molecule has 12 heavy (non-hydrogen) atoms. The molecule has 0 fully saturated rings. The molecule has 0 aliphatic rings. The van der Waals surface area contributed by atoms with Gasteiger partial charge in [0, 0.05) is 0 Å². The van der Waals surface area contributed by atoms with E-state index in [1.54, 1.807) is 0 Å². The quantitative estimate of drug-likeness (QED) is 0.633. The standard InChI is InChI=1S/C8H17FO2S/c1-4-8(5-2,6-3)7-12(9,10)11/h4-7H2,1-3H3. The van der Waals surface area contributed by atoms with E-state index in [0.717, 1.165) is 0 Å². The molecule has 74 valence electrons. The van der Waals surface area contributed by atoms with Crippen molar-refractivity contribution >= 4 is 10.2 Å². The van der Waals surface area contributed by atoms with Crippen molar-refractivity contribution in [2.24, 2.45) is 5.41 Å². The molecule has 0 aliphatic carbocycles. The monoisotopic (exact) mass is 196 g/mol. The summed E-state index contributed by atoms with van der Waals surface area (Å²) in [7, 11) is -4.32. The highest BCUT2D eigenvalue weighted by Gasteiger charge is 2.30. The smallest absolute Gasteiger partial charge is 0.195 e. The van der Waals surface area contributed by atoms with Gasteiger partial charge in [-0.1, -0.05) is 20.8 Å². The molecule has 0 aromatic carbocycles. The topological polar surface area (TPSA) is 34.1 Å². The first-order valence-electron chi connectivity index (χ1n) is 4.31. The van der Waals surface area contributed by atoms with Crippen molar-refractivity contribution in [3.8, 4) is 0 Å². The van der Waals surface area contributed by atoms with Gasteiger partial charge in [0.15, 0.2) is 0 Å². The van der Waals surface area contributed by atoms with E-state index < -0.39 is 10.2 Å². The Bertz CT molecular complexity index is 209. The van der Waals surface area contributed by atoms with Gasteiger partial charge in [0.25, 0.3) is 0 Å². The Kier molecular flexibility index (Phi) is 4.17. The summed E-state index contributed by atoms with van der Waals surface area (Å²) in [5.41, 5.74) is -0.354. The van der Waals surface area contributed by atoms with Crippen LogP contribution in [0.4, 0.5) is 3.89 Å². The zero-order chi connectivity index (χ0) is 9.83. The summed E-state index contributed by atoms with van der Waals surface area (Å²) in [5, 5.41) is 0. The number of hydrogen-bond donors (Lipinski definition) is 0. The van der Waals surface area contributed by atoms with Crippen molar-refractivity contribution in [2.45, 2.75) is 40.0 Å². The summed E-state index contributed by atoms with van der Waals surface area (Å²) in [5.74, 6) is -0.330. The lowest BCUT2D eigenvalue weighted by Gasteiger charge is -2.27. The van der Waals surface area contributed by atoms with Crippen LogP contribution in [0.2, 0.25) is 0 Å². The maximum Gasteiger partial charge on any atom is 0.302 e. The third kappa shape index (κ3) is 3.52. The van der Waals surface area contributed by atoms with Gasteiger partial charge in [-0.05, 0) is 24.7 Å². The van der Waals surface area contributed by atoms with Crippen molar-refractivity contribution in [3.05, 3.63) is 0 Å². The Labute approximate surface area is 74.4 Å². The molecule has 0 aromatic heterocycles. The summed E-state index contributed by atoms with van der Waals surface area (Å²) >= 11 is 0. The Morgan fingerprint density at radius 2 is 1.42 bits per heavy atom. The largest absolute Gasteiger partial charge is 0.302 e. The first-order chi connectivity index (χ1) is 5.39. The van der Waals surface area contributed by atoms with E-state index in [1.165, 1.54) is 0 Å². The Morgan fingerprint density at radius 1 is 1.08 bits per heavy atom. The van der Waals surface area contributed by atoms with Gasteiger partial charge in [-0.3, -0.25) is 0 Å². The number of hydrogen-bond acceptors (Lipinski definition) is 2. The highest BCUT2D eigenvalue weighted by Crippen LogP contribution is 2.32. The van der Waals surface area contributed by atoms with Crippen molar-refractivity contribution in [3.63, 3.8) is 0 Å². The van der Waals surface area contributed by atoms with Gasteiger partial charge in [0.05, 0.1) is 5.75 Å². The van der Waals surface area contributed by atoms with Crippen LogP contribution in [0.15, 0.2) is 0 Å². The van der Waals surface area contributed by atoms with Crippen LogP contribution >= 0.6 is 0 Å². The van der Waals surface area contributed by atoms with Crippen molar-refractivity contribution in [1.29, 1.82) is 0 Å². The second-order valence-electron chi connectivity index (χ2n) is 3.24. The molecule has 0 atom stereocenters. The van der Waals surface area contributed by atoms with E-state index in [4.69, 9.17) is 0 Å². The minimum absolute atomic E-state index is 0.330. The van der Waals surface area contributed by atoms with Gasteiger partial charge < -0.3 is 0 Å². The Morgan fingerprint density at radius 3 is 1.50 bits per heavy atom. The predicted octanol–water partition coefficient (Wildman–Crippen LogP) is 2.50. The van der Waals surface area contributed by atoms with Crippen LogP contribution in [0.25, 0.3) is 0 Å². The molecule has 0 heterocycles. The van der Waals surface area contributed by atoms with Crippen molar-refractivity contribution < 1.29 is 12.3 Å². The summed E-state index contributed by atoms with van der Waals surface area (Å²) in [6, 6.07) is 0. The molecule has 0 unspecified atom stereocenters. The fourth-order valence-electron chi connectivity index (χ4n) is 1.42. The Hall–Kier alpha value is -0.120. The van der Waals surface area contributed by atoms with E-state index in [-0.39, 0.29) is 11.2 Å². The lowest BCUT2D eigenvalue weighted by Crippen LogP contribution is -2.26. The van der Waals surface area contributed by atoms with Crippen LogP contribution < -0.4 is 0 Å². The first kappa shape index (κ1) is 11.9. The third-order valence-electron chi connectivity index (χ3n) is 2.73. The van der Waals surface area contributed by atoms with Crippen LogP contribution in [0.5, 0.6) is 0 Å². The third-order valence-corrected chi connectivity index (χ3v) is 3.69. The summed E-state index contributed by atoms with van der Waals surface area (Å²) in [6.45, 7) is 5.70. The van der Waals surface area contributed by atoms with Gasteiger partial charge in [-0.15, -0.1) is 3.89 Å². The van der Waals surface area contributed by atoms with Crippen LogP contribution in [0.1, 0.15) is 40.0 Å². The highest BCUT2D eigenvalue weighted by atomic mass is 32.3. The molecular weight excluding hydrogens is 179 g/mol. The molecule has 0 aromatic rings. The predicted molar refractivity (Wildman–Crippen MR) is 48.2 cm³/mol. The van der Waals surface area contributed by atoms with Crippen LogP contribution in [0, 0.1) is 5.41 Å². The summed E-state index contributed by atoms with van der Waals surface area (Å²) < 4.78 is 33.3. The number of rotatable bonds is 5. The van der Waals surface area contributed by atoms with E-state index in [2.05, 4.69) is 0 Å². The van der Waals surface area contributed by atoms with Gasteiger partial charge in [-0.2, -0.15) is 8.42 Å². The van der Waals surface area contributed by atoms with E-state index >= 15 is 0 Å². The first-order valence-corrected chi connectivity index (χ1v) is 5.86. The van der Waals surface area contributed by atoms with Crippen LogP contribution in [-0.4, -0.2) is 14.2 Å². The second kappa shape index (κ2) is 4.21. The fourth-order valence-corrected chi connectivity index (χ4v) is 2.77. The second-order valence-corrected chi connectivity index (χ2v) is 4.61. The number of halogens is 1. The van der Waals surface area contributed by atoms with E-state index in [1.807, 2.05) is 20.8 Å². The minimum Gasteiger partial charge on any atom is -0.195 e. The molecule has 0 bridgehead atoms. The zero-order valence-electron chi connectivity index (χ0n) is 7.93. The summed E-state index contributed by atoms with van der Waals surface area (Å²) in [4.78, 5) is 0. The Balaban J connectivity index is 4.52. The van der Waals surface area contributed by atoms with E-state index in [0.29, 0.717) is 19.3 Å². The molecule has 0 spiro atoms. The van der Waals surface area contributed by atoms with Gasteiger partial charge in [0.2, 0.25) is 0 Å². The normalized spacial score (nSPS) is 13.3. The highest BCUT2D eigenvalue weighted by molar-refractivity contribution is 7.86. The molecular formula is C8H17FO2S. The lowest BCUT2D eigenvalue weighted by molar-refractivity contribution is 0.285. The molecule has 0 saturated heterocycles. The average Bonchev–Trinajstić information content (AvgIpc) is 1.99. The molecule has 0 N–H and O–H groups in total. The van der Waals surface area contributed by atoms with Crippen LogP contribution in [-0.2, 0) is 10.2 Å². The summed E-state index contributed by atoms with van der Waals surface area (Å²) in [6.07, 6.45) is 2.13. The molecule has 0 rings (SSSR count). The molecule has 0 amide bonds. The molecule has 4 heteroatoms. The molecule has 2 nitrogen and oxygen atoms in total. The molecule has 0 radical (unpaired) electrons. The van der Waals surface area contributed by atoms with Crippen LogP contribution in [0.3, 0.4) is 0 Å². The van der Waals surface area contributed by atoms with Crippen molar-refractivity contribution in [2.75, 3.05) is 5.75 Å². The zero-order valence-corrected chi connectivity index (χ0v) is 8.75. The van der Waals surface area contributed by atoms with Crippen molar-refractivity contribution in [1.82, 2.24) is 0 Å². The van der Waals surface area contributed by atoms with Gasteiger partial charge in [0.1, 0.15) is 0 Å². The molecule has 0 aliphatic heterocycles. The van der Waals surface area contributed by atoms with E-state index in [9.17, 15) is 12.3 Å². The maximum absolute atomic E-state index is 12.4. The lowest BCUT2D eigenvalue weighted by atomic mass is 9.82. The SMILES string of the molecule is CCC(CC)(CC)CS(=O)(=O)F.